The number of aliphatic imine (C=N–C) groups is 1. The molecule has 1 aliphatic heterocycles. The van der Waals surface area contributed by atoms with Crippen LogP contribution >= 0.6 is 0 Å². The predicted molar refractivity (Wildman–Crippen MR) is 80.1 cm³/mol. The number of esters is 1. The number of ether oxygens (including phenoxy) is 1. The van der Waals surface area contributed by atoms with Gasteiger partial charge < -0.3 is 4.74 Å². The molecule has 1 aliphatic rings. The van der Waals surface area contributed by atoms with Crippen LogP contribution in [0.3, 0.4) is 0 Å². The summed E-state index contributed by atoms with van der Waals surface area (Å²) in [6, 6.07) is 5.77. The minimum atomic E-state index is -4.55. The fourth-order valence-electron chi connectivity index (χ4n) is 2.98. The predicted octanol–water partition coefficient (Wildman–Crippen LogP) is 3.39. The number of hydrogen-bond donors (Lipinski definition) is 0. The Balaban J connectivity index is 2.24. The first-order valence-corrected chi connectivity index (χ1v) is 7.17. The van der Waals surface area contributed by atoms with Crippen LogP contribution in [0.15, 0.2) is 41.5 Å². The molecule has 0 amide bonds. The second kappa shape index (κ2) is 5.77. The van der Waals surface area contributed by atoms with Crippen molar-refractivity contribution >= 4 is 17.5 Å². The molecule has 24 heavy (non-hydrogen) atoms. The zero-order chi connectivity index (χ0) is 17.5. The molecule has 1 aromatic heterocycles. The molecule has 0 bridgehead atoms. The first kappa shape index (κ1) is 16.2. The summed E-state index contributed by atoms with van der Waals surface area (Å²) >= 11 is 0. The summed E-state index contributed by atoms with van der Waals surface area (Å²) in [6.45, 7) is 1.60. The van der Waals surface area contributed by atoms with Crippen molar-refractivity contribution in [3.8, 4) is 0 Å². The first-order chi connectivity index (χ1) is 11.3. The van der Waals surface area contributed by atoms with E-state index in [1.54, 1.807) is 13.0 Å². The molecule has 0 radical (unpaired) electrons. The third-order valence-electron chi connectivity index (χ3n) is 4.01. The van der Waals surface area contributed by atoms with Gasteiger partial charge in [0.05, 0.1) is 24.9 Å². The number of aromatic nitrogens is 2. The Kier molecular flexibility index (Phi) is 3.90. The van der Waals surface area contributed by atoms with Gasteiger partial charge in [-0.3, -0.25) is 4.79 Å². The second-order valence-electron chi connectivity index (χ2n) is 5.42. The van der Waals surface area contributed by atoms with E-state index < -0.39 is 29.7 Å². The van der Waals surface area contributed by atoms with Crippen LogP contribution in [0.4, 0.5) is 19.0 Å². The number of rotatable bonds is 2. The molecule has 0 N–H and O–H groups in total. The number of methoxy groups -OCH3 is 1. The Labute approximate surface area is 135 Å². The molecule has 8 heteroatoms. The van der Waals surface area contributed by atoms with Gasteiger partial charge in [0, 0.05) is 11.8 Å². The summed E-state index contributed by atoms with van der Waals surface area (Å²) in [4.78, 5) is 16.5. The van der Waals surface area contributed by atoms with Gasteiger partial charge in [0.15, 0.2) is 5.82 Å². The highest BCUT2D eigenvalue weighted by Crippen LogP contribution is 2.42. The van der Waals surface area contributed by atoms with Crippen molar-refractivity contribution < 1.29 is 22.7 Å². The quantitative estimate of drug-likeness (QED) is 0.790. The van der Waals surface area contributed by atoms with Gasteiger partial charge in [0.1, 0.15) is 5.92 Å². The van der Waals surface area contributed by atoms with E-state index in [0.717, 1.165) is 6.07 Å². The van der Waals surface area contributed by atoms with Crippen LogP contribution in [-0.2, 0) is 15.7 Å². The molecular formula is C16H14F3N3O2. The standard InChI is InChI=1S/C16H14F3N3O2/c1-9-13(15(23)24-2)14(22-12(21-9)7-8-20-22)10-5-3-4-6-11(10)16(17,18)19/h3-8,13-14H,1-2H3. The van der Waals surface area contributed by atoms with E-state index in [4.69, 9.17) is 4.74 Å². The lowest BCUT2D eigenvalue weighted by molar-refractivity contribution is -0.145. The van der Waals surface area contributed by atoms with E-state index in [2.05, 4.69) is 10.1 Å². The summed E-state index contributed by atoms with van der Waals surface area (Å²) < 4.78 is 46.4. The van der Waals surface area contributed by atoms with Crippen molar-refractivity contribution in [1.82, 2.24) is 9.78 Å². The molecule has 0 fully saturated rings. The van der Waals surface area contributed by atoms with Gasteiger partial charge in [-0.1, -0.05) is 18.2 Å². The topological polar surface area (TPSA) is 56.5 Å². The van der Waals surface area contributed by atoms with Crippen LogP contribution in [0.25, 0.3) is 0 Å². The summed E-state index contributed by atoms with van der Waals surface area (Å²) in [7, 11) is 1.20. The van der Waals surface area contributed by atoms with Crippen LogP contribution in [-0.4, -0.2) is 28.6 Å². The highest BCUT2D eigenvalue weighted by Gasteiger charge is 2.43. The van der Waals surface area contributed by atoms with Gasteiger partial charge >= 0.3 is 12.1 Å². The van der Waals surface area contributed by atoms with Crippen molar-refractivity contribution in [1.29, 1.82) is 0 Å². The molecule has 2 aromatic rings. The number of carbonyl (C=O) groups is 1. The van der Waals surface area contributed by atoms with E-state index in [-0.39, 0.29) is 5.56 Å². The molecule has 0 saturated heterocycles. The number of carbonyl (C=O) groups excluding carboxylic acids is 1. The van der Waals surface area contributed by atoms with E-state index in [9.17, 15) is 18.0 Å². The number of fused-ring (bicyclic) bond motifs is 1. The van der Waals surface area contributed by atoms with Crippen LogP contribution in [0.5, 0.6) is 0 Å². The lowest BCUT2D eigenvalue weighted by Crippen LogP contribution is -2.37. The molecule has 0 spiro atoms. The average molecular weight is 337 g/mol. The van der Waals surface area contributed by atoms with Crippen molar-refractivity contribution in [2.75, 3.05) is 7.11 Å². The number of halogens is 3. The van der Waals surface area contributed by atoms with Gasteiger partial charge in [-0.15, -0.1) is 0 Å². The zero-order valence-corrected chi connectivity index (χ0v) is 12.9. The highest BCUT2D eigenvalue weighted by atomic mass is 19.4. The van der Waals surface area contributed by atoms with E-state index >= 15 is 0 Å². The zero-order valence-electron chi connectivity index (χ0n) is 12.9. The van der Waals surface area contributed by atoms with Crippen molar-refractivity contribution in [3.63, 3.8) is 0 Å². The summed E-state index contributed by atoms with van der Waals surface area (Å²) in [5.74, 6) is -1.24. The highest BCUT2D eigenvalue weighted by molar-refractivity contribution is 6.03. The van der Waals surface area contributed by atoms with Crippen LogP contribution in [0, 0.1) is 5.92 Å². The number of alkyl halides is 3. The maximum Gasteiger partial charge on any atom is 0.416 e. The maximum absolute atomic E-state index is 13.4. The molecule has 2 heterocycles. The molecule has 126 valence electrons. The average Bonchev–Trinajstić information content (AvgIpc) is 2.99. The fraction of sp³-hybridized carbons (Fsp3) is 0.312. The van der Waals surface area contributed by atoms with Crippen molar-refractivity contribution in [3.05, 3.63) is 47.7 Å². The maximum atomic E-state index is 13.4. The Morgan fingerprint density at radius 2 is 1.96 bits per heavy atom. The fourth-order valence-corrected chi connectivity index (χ4v) is 2.98. The summed E-state index contributed by atoms with van der Waals surface area (Å²) in [5, 5.41) is 4.07. The smallest absolute Gasteiger partial charge is 0.416 e. The third-order valence-corrected chi connectivity index (χ3v) is 4.01. The van der Waals surface area contributed by atoms with Gasteiger partial charge in [-0.05, 0) is 18.6 Å². The van der Waals surface area contributed by atoms with E-state index in [1.165, 1.54) is 36.2 Å². The Morgan fingerprint density at radius 3 is 2.62 bits per heavy atom. The van der Waals surface area contributed by atoms with Gasteiger partial charge in [0.25, 0.3) is 0 Å². The van der Waals surface area contributed by atoms with E-state index in [0.29, 0.717) is 11.5 Å². The molecular weight excluding hydrogens is 323 g/mol. The molecule has 1 aromatic carbocycles. The molecule has 0 saturated carbocycles. The van der Waals surface area contributed by atoms with Crippen molar-refractivity contribution in [2.24, 2.45) is 10.9 Å². The van der Waals surface area contributed by atoms with E-state index in [1.807, 2.05) is 0 Å². The molecule has 3 rings (SSSR count). The van der Waals surface area contributed by atoms with Crippen LogP contribution in [0.2, 0.25) is 0 Å². The number of benzene rings is 1. The molecule has 2 atom stereocenters. The van der Waals surface area contributed by atoms with Crippen LogP contribution < -0.4 is 0 Å². The SMILES string of the molecule is COC(=O)C1C(C)=Nc2ccnn2C1c1ccccc1C(F)(F)F. The monoisotopic (exact) mass is 337 g/mol. The molecule has 0 aliphatic carbocycles. The molecule has 2 unspecified atom stereocenters. The Morgan fingerprint density at radius 1 is 1.25 bits per heavy atom. The lowest BCUT2D eigenvalue weighted by atomic mass is 9.86. The lowest BCUT2D eigenvalue weighted by Gasteiger charge is -2.31. The number of nitrogens with zero attached hydrogens (tertiary/aromatic N) is 3. The van der Waals surface area contributed by atoms with Gasteiger partial charge in [-0.2, -0.15) is 18.3 Å². The summed E-state index contributed by atoms with van der Waals surface area (Å²) in [5.41, 5.74) is -0.462. The summed E-state index contributed by atoms with van der Waals surface area (Å²) in [6.07, 6.45) is -3.11. The Bertz CT molecular complexity index is 811. The second-order valence-corrected chi connectivity index (χ2v) is 5.42. The third kappa shape index (κ3) is 2.57. The van der Waals surface area contributed by atoms with Crippen molar-refractivity contribution in [2.45, 2.75) is 19.1 Å². The largest absolute Gasteiger partial charge is 0.468 e. The van der Waals surface area contributed by atoms with Gasteiger partial charge in [0.2, 0.25) is 0 Å². The van der Waals surface area contributed by atoms with Gasteiger partial charge in [-0.25, -0.2) is 9.67 Å². The number of hydrogen-bond acceptors (Lipinski definition) is 4. The normalized spacial score (nSPS) is 20.3. The minimum Gasteiger partial charge on any atom is -0.468 e. The van der Waals surface area contributed by atoms with Crippen LogP contribution in [0.1, 0.15) is 24.1 Å². The first-order valence-electron chi connectivity index (χ1n) is 7.17. The molecule has 5 nitrogen and oxygen atoms in total. The Hall–Kier alpha value is -2.64. The minimum absolute atomic E-state index is 0.0420.